The molecular formula is C23H24N2O6S. The van der Waals surface area contributed by atoms with Crippen molar-refractivity contribution < 1.29 is 28.5 Å². The summed E-state index contributed by atoms with van der Waals surface area (Å²) in [5.41, 5.74) is 2.17. The number of carbonyl (C=O) groups is 2. The van der Waals surface area contributed by atoms with Crippen molar-refractivity contribution >= 4 is 28.9 Å². The lowest BCUT2D eigenvalue weighted by molar-refractivity contribution is 0.0526. The van der Waals surface area contributed by atoms with E-state index in [1.807, 2.05) is 0 Å². The number of esters is 1. The number of nitrogens with zero attached hydrogens (tertiary/aromatic N) is 1. The number of nitrogens with one attached hydrogen (secondary N) is 1. The predicted octanol–water partition coefficient (Wildman–Crippen LogP) is 4.57. The van der Waals surface area contributed by atoms with Gasteiger partial charge in [-0.15, -0.1) is 11.3 Å². The van der Waals surface area contributed by atoms with Gasteiger partial charge in [0.15, 0.2) is 11.5 Å². The van der Waals surface area contributed by atoms with Crippen LogP contribution in [0.4, 0.5) is 5.69 Å². The van der Waals surface area contributed by atoms with Crippen molar-refractivity contribution in [3.63, 3.8) is 0 Å². The van der Waals surface area contributed by atoms with E-state index in [4.69, 9.17) is 18.9 Å². The fraction of sp³-hybridized carbons (Fsp3) is 0.261. The molecule has 0 aliphatic rings. The van der Waals surface area contributed by atoms with Crippen molar-refractivity contribution in [1.29, 1.82) is 0 Å². The molecule has 1 amide bonds. The Morgan fingerprint density at radius 1 is 1.03 bits per heavy atom. The van der Waals surface area contributed by atoms with E-state index in [9.17, 15) is 9.59 Å². The van der Waals surface area contributed by atoms with E-state index in [1.54, 1.807) is 50.2 Å². The van der Waals surface area contributed by atoms with Gasteiger partial charge < -0.3 is 24.3 Å². The van der Waals surface area contributed by atoms with Gasteiger partial charge in [-0.25, -0.2) is 9.78 Å². The van der Waals surface area contributed by atoms with Crippen molar-refractivity contribution in [1.82, 2.24) is 4.98 Å². The molecule has 0 saturated heterocycles. The minimum atomic E-state index is -0.442. The zero-order valence-corrected chi connectivity index (χ0v) is 19.3. The molecule has 3 rings (SSSR count). The van der Waals surface area contributed by atoms with Crippen molar-refractivity contribution in [2.75, 3.05) is 33.3 Å². The minimum absolute atomic E-state index is 0.277. The van der Waals surface area contributed by atoms with Gasteiger partial charge in [0.1, 0.15) is 9.88 Å². The molecule has 1 N–H and O–H groups in total. The summed E-state index contributed by atoms with van der Waals surface area (Å²) in [6.07, 6.45) is 0. The number of carbonyl (C=O) groups excluding carboxylic acids is 2. The monoisotopic (exact) mass is 456 g/mol. The van der Waals surface area contributed by atoms with Crippen LogP contribution in [0.25, 0.3) is 10.6 Å². The first-order valence-electron chi connectivity index (χ1n) is 9.78. The highest BCUT2D eigenvalue weighted by Gasteiger charge is 2.20. The highest BCUT2D eigenvalue weighted by molar-refractivity contribution is 7.17. The molecule has 0 fully saturated rings. The lowest BCUT2D eigenvalue weighted by Gasteiger charge is -2.13. The molecule has 1 heterocycles. The van der Waals surface area contributed by atoms with Gasteiger partial charge in [-0.2, -0.15) is 0 Å². The zero-order chi connectivity index (χ0) is 23.3. The van der Waals surface area contributed by atoms with Gasteiger partial charge >= 0.3 is 5.97 Å². The lowest BCUT2D eigenvalue weighted by Crippen LogP contribution is -2.12. The number of hydrogen-bond acceptors (Lipinski definition) is 8. The zero-order valence-electron chi connectivity index (χ0n) is 18.5. The summed E-state index contributed by atoms with van der Waals surface area (Å²) in [7, 11) is 4.61. The Balaban J connectivity index is 1.88. The molecule has 8 nitrogen and oxygen atoms in total. The molecule has 0 unspecified atom stereocenters. The van der Waals surface area contributed by atoms with Crippen LogP contribution in [0.1, 0.15) is 32.6 Å². The maximum atomic E-state index is 12.9. The predicted molar refractivity (Wildman–Crippen MR) is 122 cm³/mol. The first kappa shape index (κ1) is 23.1. The fourth-order valence-corrected chi connectivity index (χ4v) is 4.01. The first-order chi connectivity index (χ1) is 15.4. The van der Waals surface area contributed by atoms with Crippen LogP contribution in [0.5, 0.6) is 17.2 Å². The summed E-state index contributed by atoms with van der Waals surface area (Å²) in [5.74, 6) is 0.710. The molecule has 32 heavy (non-hydrogen) atoms. The summed E-state index contributed by atoms with van der Waals surface area (Å²) in [4.78, 5) is 29.9. The van der Waals surface area contributed by atoms with Gasteiger partial charge in [0.2, 0.25) is 5.75 Å². The van der Waals surface area contributed by atoms with Crippen LogP contribution in [0.2, 0.25) is 0 Å². The highest BCUT2D eigenvalue weighted by atomic mass is 32.1. The van der Waals surface area contributed by atoms with E-state index in [2.05, 4.69) is 10.3 Å². The Bertz CT molecular complexity index is 1120. The van der Waals surface area contributed by atoms with Crippen LogP contribution in [0.3, 0.4) is 0 Å². The maximum absolute atomic E-state index is 12.9. The van der Waals surface area contributed by atoms with Crippen LogP contribution < -0.4 is 19.5 Å². The first-order valence-corrected chi connectivity index (χ1v) is 10.6. The summed E-state index contributed by atoms with van der Waals surface area (Å²) in [6, 6.07) is 10.2. The summed E-state index contributed by atoms with van der Waals surface area (Å²) >= 11 is 1.24. The molecule has 1 aromatic heterocycles. The minimum Gasteiger partial charge on any atom is -0.493 e. The van der Waals surface area contributed by atoms with Gasteiger partial charge in [0.05, 0.1) is 39.2 Å². The molecule has 0 aliphatic carbocycles. The fourth-order valence-electron chi connectivity index (χ4n) is 3.06. The summed E-state index contributed by atoms with van der Waals surface area (Å²) < 4.78 is 21.2. The topological polar surface area (TPSA) is 96.0 Å². The van der Waals surface area contributed by atoms with Crippen LogP contribution >= 0.6 is 11.3 Å². The van der Waals surface area contributed by atoms with Crippen molar-refractivity contribution in [2.45, 2.75) is 13.8 Å². The number of anilines is 1. The van der Waals surface area contributed by atoms with Crippen LogP contribution in [-0.2, 0) is 4.74 Å². The number of aromatic nitrogens is 1. The van der Waals surface area contributed by atoms with Crippen LogP contribution in [-0.4, -0.2) is 44.8 Å². The van der Waals surface area contributed by atoms with Crippen molar-refractivity contribution in [3.8, 4) is 27.8 Å². The van der Waals surface area contributed by atoms with E-state index in [1.165, 1.54) is 32.7 Å². The number of amides is 1. The number of thiazole rings is 1. The number of hydrogen-bond donors (Lipinski definition) is 1. The third kappa shape index (κ3) is 4.83. The Morgan fingerprint density at radius 2 is 1.72 bits per heavy atom. The molecule has 168 valence electrons. The van der Waals surface area contributed by atoms with E-state index in [0.29, 0.717) is 44.1 Å². The lowest BCUT2D eigenvalue weighted by atomic mass is 10.2. The van der Waals surface area contributed by atoms with E-state index in [0.717, 1.165) is 5.56 Å². The number of benzene rings is 2. The third-order valence-electron chi connectivity index (χ3n) is 4.55. The number of aryl methyl sites for hydroxylation is 1. The molecule has 0 spiro atoms. The second-order valence-corrected chi connectivity index (χ2v) is 7.60. The van der Waals surface area contributed by atoms with Crippen molar-refractivity contribution in [2.24, 2.45) is 0 Å². The second kappa shape index (κ2) is 10.1. The van der Waals surface area contributed by atoms with Gasteiger partial charge in [-0.1, -0.05) is 6.07 Å². The highest BCUT2D eigenvalue weighted by Crippen LogP contribution is 2.42. The number of methoxy groups -OCH3 is 3. The molecule has 0 radical (unpaired) electrons. The van der Waals surface area contributed by atoms with Gasteiger partial charge in [-0.05, 0) is 44.2 Å². The average Bonchev–Trinajstić information content (AvgIpc) is 3.20. The van der Waals surface area contributed by atoms with Gasteiger partial charge in [0, 0.05) is 11.3 Å². The Hall–Kier alpha value is -3.59. The second-order valence-electron chi connectivity index (χ2n) is 6.60. The molecule has 0 atom stereocenters. The quantitative estimate of drug-likeness (QED) is 0.496. The molecular weight excluding hydrogens is 432 g/mol. The Morgan fingerprint density at radius 3 is 2.31 bits per heavy atom. The number of ether oxygens (including phenoxy) is 4. The smallest absolute Gasteiger partial charge is 0.338 e. The normalized spacial score (nSPS) is 10.4. The number of rotatable bonds is 8. The Labute approximate surface area is 190 Å². The van der Waals surface area contributed by atoms with E-state index < -0.39 is 5.97 Å². The SMILES string of the molecule is CCOC(=O)c1cccc(NC(=O)c2sc(-c3cc(OC)c(OC)c(OC)c3)nc2C)c1. The van der Waals surface area contributed by atoms with Gasteiger partial charge in [-0.3, -0.25) is 4.79 Å². The molecule has 0 aliphatic heterocycles. The van der Waals surface area contributed by atoms with Gasteiger partial charge in [0.25, 0.3) is 5.91 Å². The summed E-state index contributed by atoms with van der Waals surface area (Å²) in [5, 5.41) is 3.45. The molecule has 3 aromatic rings. The molecule has 2 aromatic carbocycles. The van der Waals surface area contributed by atoms with Crippen LogP contribution in [0.15, 0.2) is 36.4 Å². The van der Waals surface area contributed by atoms with E-state index in [-0.39, 0.29) is 12.5 Å². The maximum Gasteiger partial charge on any atom is 0.338 e. The van der Waals surface area contributed by atoms with Crippen molar-refractivity contribution in [3.05, 3.63) is 52.5 Å². The van der Waals surface area contributed by atoms with Crippen LogP contribution in [0, 0.1) is 6.92 Å². The molecule has 9 heteroatoms. The Kier molecular flexibility index (Phi) is 7.32. The average molecular weight is 457 g/mol. The summed E-state index contributed by atoms with van der Waals surface area (Å²) in [6.45, 7) is 3.78. The third-order valence-corrected chi connectivity index (χ3v) is 5.75. The largest absolute Gasteiger partial charge is 0.493 e. The standard InChI is InChI=1S/C23H24N2O6S/c1-6-31-23(27)14-8-7-9-16(10-14)25-21(26)20-13(2)24-22(32-20)15-11-17(28-3)19(30-5)18(12-15)29-4/h7-12H,6H2,1-5H3,(H,25,26). The molecule has 0 saturated carbocycles. The van der Waals surface area contributed by atoms with E-state index >= 15 is 0 Å². The molecule has 0 bridgehead atoms.